The van der Waals surface area contributed by atoms with E-state index in [9.17, 15) is 0 Å². The first-order valence-electron chi connectivity index (χ1n) is 13.0. The zero-order valence-corrected chi connectivity index (χ0v) is 22.0. The summed E-state index contributed by atoms with van der Waals surface area (Å²) in [5.74, 6) is 0. The molecule has 0 saturated heterocycles. The van der Waals surface area contributed by atoms with Crippen LogP contribution in [0.4, 0.5) is 17.1 Å². The fraction of sp³-hybridized carbons (Fsp3) is 0.0571. The van der Waals surface area contributed by atoms with Gasteiger partial charge in [-0.1, -0.05) is 60.7 Å². The van der Waals surface area contributed by atoms with Crippen LogP contribution in [0.25, 0.3) is 53.3 Å². The first-order chi connectivity index (χ1) is 18.7. The van der Waals surface area contributed by atoms with Gasteiger partial charge in [-0.25, -0.2) is 0 Å². The Kier molecular flexibility index (Phi) is 4.55. The summed E-state index contributed by atoms with van der Waals surface area (Å²) >= 11 is 1.84. The van der Waals surface area contributed by atoms with E-state index in [-0.39, 0.29) is 0 Å². The molecule has 0 unspecified atom stereocenters. The van der Waals surface area contributed by atoms with Crippen LogP contribution in [0.3, 0.4) is 0 Å². The van der Waals surface area contributed by atoms with Crippen molar-refractivity contribution in [2.45, 2.75) is 13.8 Å². The lowest BCUT2D eigenvalue weighted by molar-refractivity contribution is 1.28. The minimum absolute atomic E-state index is 1.09. The molecule has 38 heavy (non-hydrogen) atoms. The topological polar surface area (TPSA) is 16.1 Å². The average Bonchev–Trinajstić information content (AvgIpc) is 3.33. The second-order valence-corrected chi connectivity index (χ2v) is 11.2. The largest absolute Gasteiger partial charge is 0.309 e. The van der Waals surface area contributed by atoms with E-state index in [1.165, 1.54) is 76.0 Å². The molecule has 7 aromatic rings. The minimum atomic E-state index is 1.09. The first kappa shape index (κ1) is 21.6. The van der Waals surface area contributed by atoms with Gasteiger partial charge in [0.1, 0.15) is 0 Å². The van der Waals surface area contributed by atoms with Crippen molar-refractivity contribution in [1.82, 2.24) is 4.98 Å². The molecule has 0 aliphatic carbocycles. The SMILES string of the molecule is Cc1ccccc1-c1cc(N2c3ccccc3-c3cc4c5ncccc5sc4c4cccc2c34)ccc1C. The van der Waals surface area contributed by atoms with Crippen molar-refractivity contribution in [3.63, 3.8) is 0 Å². The van der Waals surface area contributed by atoms with E-state index in [0.29, 0.717) is 0 Å². The summed E-state index contributed by atoms with van der Waals surface area (Å²) in [6.45, 7) is 4.40. The number of benzene rings is 5. The van der Waals surface area contributed by atoms with E-state index in [4.69, 9.17) is 4.98 Å². The lowest BCUT2D eigenvalue weighted by Crippen LogP contribution is -2.15. The van der Waals surface area contributed by atoms with E-state index < -0.39 is 0 Å². The van der Waals surface area contributed by atoms with Gasteiger partial charge < -0.3 is 4.90 Å². The van der Waals surface area contributed by atoms with E-state index >= 15 is 0 Å². The van der Waals surface area contributed by atoms with E-state index in [0.717, 1.165) is 5.52 Å². The molecule has 0 bridgehead atoms. The molecule has 0 N–H and O–H groups in total. The van der Waals surface area contributed by atoms with Gasteiger partial charge in [-0.3, -0.25) is 4.98 Å². The number of anilines is 3. The highest BCUT2D eigenvalue weighted by molar-refractivity contribution is 7.26. The zero-order chi connectivity index (χ0) is 25.4. The predicted octanol–water partition coefficient (Wildman–Crippen LogP) is 10.3. The number of aromatic nitrogens is 1. The molecular formula is C35H24N2S. The third-order valence-corrected chi connectivity index (χ3v) is 9.11. The van der Waals surface area contributed by atoms with Crippen LogP contribution in [0, 0.1) is 13.8 Å². The summed E-state index contributed by atoms with van der Waals surface area (Å²) in [5, 5.41) is 3.85. The molecule has 5 aromatic carbocycles. The van der Waals surface area contributed by atoms with Crippen LogP contribution in [0.15, 0.2) is 109 Å². The highest BCUT2D eigenvalue weighted by atomic mass is 32.1. The van der Waals surface area contributed by atoms with Gasteiger partial charge in [0.05, 0.1) is 21.6 Å². The van der Waals surface area contributed by atoms with Crippen LogP contribution in [-0.2, 0) is 0 Å². The summed E-state index contributed by atoms with van der Waals surface area (Å²) in [4.78, 5) is 7.21. The van der Waals surface area contributed by atoms with Crippen molar-refractivity contribution < 1.29 is 0 Å². The molecule has 2 nitrogen and oxygen atoms in total. The lowest BCUT2D eigenvalue weighted by Gasteiger charge is -2.34. The number of rotatable bonds is 2. The minimum Gasteiger partial charge on any atom is -0.309 e. The number of pyridine rings is 1. The van der Waals surface area contributed by atoms with Crippen molar-refractivity contribution in [2.75, 3.05) is 4.90 Å². The molecule has 0 amide bonds. The van der Waals surface area contributed by atoms with Gasteiger partial charge >= 0.3 is 0 Å². The van der Waals surface area contributed by atoms with Crippen molar-refractivity contribution >= 4 is 59.5 Å². The number of hydrogen-bond donors (Lipinski definition) is 0. The smallest absolute Gasteiger partial charge is 0.0888 e. The maximum atomic E-state index is 4.76. The molecular weight excluding hydrogens is 480 g/mol. The van der Waals surface area contributed by atoms with Gasteiger partial charge in [0.25, 0.3) is 0 Å². The molecule has 8 rings (SSSR count). The summed E-state index contributed by atoms with van der Waals surface area (Å²) < 4.78 is 2.54. The maximum absolute atomic E-state index is 4.76. The normalized spacial score (nSPS) is 12.4. The van der Waals surface area contributed by atoms with Crippen LogP contribution in [-0.4, -0.2) is 4.98 Å². The number of nitrogens with zero attached hydrogens (tertiary/aromatic N) is 2. The van der Waals surface area contributed by atoms with Gasteiger partial charge in [-0.2, -0.15) is 0 Å². The molecule has 2 aromatic heterocycles. The van der Waals surface area contributed by atoms with Crippen LogP contribution in [0.5, 0.6) is 0 Å². The van der Waals surface area contributed by atoms with Gasteiger partial charge in [0.15, 0.2) is 0 Å². The Morgan fingerprint density at radius 1 is 0.605 bits per heavy atom. The Hall–Kier alpha value is -4.47. The van der Waals surface area contributed by atoms with Crippen LogP contribution < -0.4 is 4.90 Å². The third-order valence-electron chi connectivity index (χ3n) is 7.92. The molecule has 0 spiro atoms. The van der Waals surface area contributed by atoms with E-state index in [1.54, 1.807) is 0 Å². The van der Waals surface area contributed by atoms with Crippen LogP contribution >= 0.6 is 11.3 Å². The summed E-state index contributed by atoms with van der Waals surface area (Å²) in [7, 11) is 0. The molecule has 1 aliphatic heterocycles. The van der Waals surface area contributed by atoms with Crippen LogP contribution in [0.2, 0.25) is 0 Å². The maximum Gasteiger partial charge on any atom is 0.0888 e. The summed E-state index contributed by atoms with van der Waals surface area (Å²) in [6, 6.07) is 37.7. The number of aryl methyl sites for hydroxylation is 2. The molecule has 0 saturated carbocycles. The molecule has 3 heteroatoms. The molecule has 1 aliphatic rings. The van der Waals surface area contributed by atoms with E-state index in [2.05, 4.69) is 116 Å². The Morgan fingerprint density at radius 2 is 1.39 bits per heavy atom. The molecule has 0 atom stereocenters. The van der Waals surface area contributed by atoms with Crippen LogP contribution in [0.1, 0.15) is 11.1 Å². The number of thiophene rings is 1. The Morgan fingerprint density at radius 3 is 2.29 bits per heavy atom. The molecule has 0 fully saturated rings. The highest BCUT2D eigenvalue weighted by Gasteiger charge is 2.28. The van der Waals surface area contributed by atoms with Gasteiger partial charge in [-0.05, 0) is 84.1 Å². The second-order valence-electron chi connectivity index (χ2n) is 10.1. The molecule has 180 valence electrons. The number of hydrogen-bond acceptors (Lipinski definition) is 3. The highest BCUT2D eigenvalue weighted by Crippen LogP contribution is 2.54. The Bertz CT molecular complexity index is 2070. The molecule has 3 heterocycles. The fourth-order valence-electron chi connectivity index (χ4n) is 6.13. The Labute approximate surface area is 225 Å². The van der Waals surface area contributed by atoms with Crippen molar-refractivity contribution in [1.29, 1.82) is 0 Å². The van der Waals surface area contributed by atoms with Gasteiger partial charge in [-0.15, -0.1) is 11.3 Å². The number of fused-ring (bicyclic) bond motifs is 6. The second kappa shape index (κ2) is 8.01. The summed E-state index contributed by atoms with van der Waals surface area (Å²) in [5.41, 5.74) is 12.4. The Balaban J connectivity index is 1.46. The van der Waals surface area contributed by atoms with Gasteiger partial charge in [0, 0.05) is 38.3 Å². The van der Waals surface area contributed by atoms with Crippen molar-refractivity contribution in [3.8, 4) is 22.3 Å². The van der Waals surface area contributed by atoms with Crippen molar-refractivity contribution in [2.24, 2.45) is 0 Å². The fourth-order valence-corrected chi connectivity index (χ4v) is 7.30. The van der Waals surface area contributed by atoms with Gasteiger partial charge in [0.2, 0.25) is 0 Å². The number of para-hydroxylation sites is 1. The summed E-state index contributed by atoms with van der Waals surface area (Å²) in [6.07, 6.45) is 1.90. The lowest BCUT2D eigenvalue weighted by atomic mass is 9.89. The zero-order valence-electron chi connectivity index (χ0n) is 21.2. The first-order valence-corrected chi connectivity index (χ1v) is 13.8. The molecule has 0 radical (unpaired) electrons. The predicted molar refractivity (Wildman–Crippen MR) is 163 cm³/mol. The van der Waals surface area contributed by atoms with Crippen molar-refractivity contribution in [3.05, 3.63) is 120 Å². The third kappa shape index (κ3) is 2.97. The quantitative estimate of drug-likeness (QED) is 0.233. The van der Waals surface area contributed by atoms with E-state index in [1.807, 2.05) is 23.6 Å². The standard InChI is InChI=1S/C35H24N2S/c1-21-9-3-4-10-24(21)27-19-23(17-16-22(27)2)37-30-13-6-5-11-25(30)28-20-29-34-32(15-8-18-36-34)38-35(29)26-12-7-14-31(37)33(26)28/h3-20H,1-2H3. The average molecular weight is 505 g/mol. The monoisotopic (exact) mass is 504 g/mol.